The van der Waals surface area contributed by atoms with Crippen LogP contribution in [-0.2, 0) is 20.7 Å². The molecule has 150 valence electrons. The smallest absolute Gasteiger partial charge is 0.333 e. The van der Waals surface area contributed by atoms with Crippen LogP contribution in [0, 0.1) is 0 Å². The van der Waals surface area contributed by atoms with Crippen molar-refractivity contribution in [1.29, 1.82) is 0 Å². The van der Waals surface area contributed by atoms with E-state index in [-0.39, 0.29) is 30.7 Å². The highest BCUT2D eigenvalue weighted by Gasteiger charge is 2.38. The number of hydrogen-bond acceptors (Lipinski definition) is 6. The first kappa shape index (κ1) is 19.3. The Labute approximate surface area is 171 Å². The summed E-state index contributed by atoms with van der Waals surface area (Å²) >= 11 is 1.57. The van der Waals surface area contributed by atoms with Gasteiger partial charge in [0.1, 0.15) is 0 Å². The van der Waals surface area contributed by atoms with Crippen molar-refractivity contribution in [3.05, 3.63) is 57.3 Å². The summed E-state index contributed by atoms with van der Waals surface area (Å²) in [5.41, 5.74) is 1.62. The van der Waals surface area contributed by atoms with Gasteiger partial charge in [-0.05, 0) is 42.0 Å². The van der Waals surface area contributed by atoms with E-state index < -0.39 is 12.0 Å². The monoisotopic (exact) mass is 412 g/mol. The van der Waals surface area contributed by atoms with Gasteiger partial charge in [-0.25, -0.2) is 4.79 Å². The van der Waals surface area contributed by atoms with Crippen LogP contribution in [0.3, 0.4) is 0 Å². The third kappa shape index (κ3) is 3.33. The van der Waals surface area contributed by atoms with Gasteiger partial charge in [0.2, 0.25) is 5.91 Å². The molecule has 0 aliphatic carbocycles. The molecule has 2 aliphatic heterocycles. The topological polar surface area (TPSA) is 84.0 Å². The van der Waals surface area contributed by atoms with Crippen molar-refractivity contribution in [2.45, 2.75) is 25.3 Å². The maximum Gasteiger partial charge on any atom is 0.333 e. The van der Waals surface area contributed by atoms with Gasteiger partial charge in [-0.1, -0.05) is 12.1 Å². The van der Waals surface area contributed by atoms with Crippen LogP contribution in [-0.4, -0.2) is 53.7 Å². The number of ether oxygens (including phenoxy) is 1. The second-order valence-corrected chi connectivity index (χ2v) is 7.97. The molecule has 1 aromatic carbocycles. The van der Waals surface area contributed by atoms with Crippen LogP contribution in [0.4, 0.5) is 0 Å². The summed E-state index contributed by atoms with van der Waals surface area (Å²) in [4.78, 5) is 53.8. The van der Waals surface area contributed by atoms with Crippen LogP contribution in [0.2, 0.25) is 0 Å². The van der Waals surface area contributed by atoms with Crippen LogP contribution in [0.1, 0.15) is 50.0 Å². The molecule has 0 N–H and O–H groups in total. The number of amides is 3. The van der Waals surface area contributed by atoms with Crippen molar-refractivity contribution in [3.8, 4) is 0 Å². The zero-order valence-electron chi connectivity index (χ0n) is 15.9. The first-order chi connectivity index (χ1) is 14.0. The van der Waals surface area contributed by atoms with Gasteiger partial charge in [0.25, 0.3) is 11.8 Å². The first-order valence-electron chi connectivity index (χ1n) is 9.41. The molecule has 0 radical (unpaired) electrons. The van der Waals surface area contributed by atoms with Crippen LogP contribution in [0.25, 0.3) is 0 Å². The Morgan fingerprint density at radius 1 is 1.14 bits per heavy atom. The lowest BCUT2D eigenvalue weighted by atomic mass is 9.99. The average molecular weight is 412 g/mol. The quantitative estimate of drug-likeness (QED) is 0.556. The molecule has 1 unspecified atom stereocenters. The van der Waals surface area contributed by atoms with E-state index in [2.05, 4.69) is 0 Å². The number of nitrogens with zero attached hydrogens (tertiary/aromatic N) is 2. The number of carbonyl (C=O) groups is 4. The van der Waals surface area contributed by atoms with Crippen molar-refractivity contribution in [2.75, 3.05) is 20.2 Å². The van der Waals surface area contributed by atoms with Crippen LogP contribution in [0.5, 0.6) is 0 Å². The van der Waals surface area contributed by atoms with Crippen molar-refractivity contribution in [2.24, 2.45) is 0 Å². The maximum absolute atomic E-state index is 12.8. The lowest BCUT2D eigenvalue weighted by Crippen LogP contribution is -2.43. The summed E-state index contributed by atoms with van der Waals surface area (Å²) in [6.45, 7) is 0.609. The maximum atomic E-state index is 12.8. The Morgan fingerprint density at radius 3 is 2.48 bits per heavy atom. The molecule has 3 amide bonds. The zero-order chi connectivity index (χ0) is 20.5. The fourth-order valence-corrected chi connectivity index (χ4v) is 4.83. The normalized spacial score (nSPS) is 17.9. The standard InChI is InChI=1S/C21H20N2O5S/c1-28-21(27)18-15-9-12-29-16(15)8-11-22(18)17(24)7-4-10-23-19(25)13-5-2-3-6-14(13)20(23)26/h2-3,5-6,9,12,18H,4,7-8,10-11H2,1H3. The molecule has 0 saturated carbocycles. The summed E-state index contributed by atoms with van der Waals surface area (Å²) in [6, 6.07) is 7.83. The third-order valence-corrected chi connectivity index (χ3v) is 6.36. The van der Waals surface area contributed by atoms with Crippen LogP contribution in [0.15, 0.2) is 35.7 Å². The van der Waals surface area contributed by atoms with Crippen molar-refractivity contribution >= 4 is 35.0 Å². The summed E-state index contributed by atoms with van der Waals surface area (Å²) in [6.07, 6.45) is 1.18. The molecule has 29 heavy (non-hydrogen) atoms. The number of esters is 1. The number of imide groups is 1. The first-order valence-corrected chi connectivity index (χ1v) is 10.3. The molecular formula is C21H20N2O5S. The summed E-state index contributed by atoms with van der Waals surface area (Å²) < 4.78 is 4.92. The average Bonchev–Trinajstić information content (AvgIpc) is 3.31. The number of fused-ring (bicyclic) bond motifs is 2. The number of benzene rings is 1. The van der Waals surface area contributed by atoms with E-state index in [1.54, 1.807) is 40.5 Å². The minimum atomic E-state index is -0.734. The summed E-state index contributed by atoms with van der Waals surface area (Å²) in [7, 11) is 1.31. The molecule has 4 rings (SSSR count). The SMILES string of the molecule is COC(=O)C1c2ccsc2CCN1C(=O)CCCN1C(=O)c2ccccc2C1=O. The Bertz CT molecular complexity index is 963. The molecule has 0 saturated heterocycles. The lowest BCUT2D eigenvalue weighted by Gasteiger charge is -2.34. The van der Waals surface area contributed by atoms with Crippen molar-refractivity contribution < 1.29 is 23.9 Å². The largest absolute Gasteiger partial charge is 0.467 e. The van der Waals surface area contributed by atoms with Crippen LogP contribution >= 0.6 is 11.3 Å². The van der Waals surface area contributed by atoms with Gasteiger partial charge in [-0.3, -0.25) is 19.3 Å². The number of rotatable bonds is 5. The highest BCUT2D eigenvalue weighted by molar-refractivity contribution is 7.10. The molecule has 1 atom stereocenters. The molecule has 7 nitrogen and oxygen atoms in total. The summed E-state index contributed by atoms with van der Waals surface area (Å²) in [5.74, 6) is -1.30. The Kier molecular flexibility index (Phi) is 5.19. The molecule has 3 heterocycles. The van der Waals surface area contributed by atoms with E-state index in [0.29, 0.717) is 30.5 Å². The Morgan fingerprint density at radius 2 is 1.83 bits per heavy atom. The predicted octanol–water partition coefficient (Wildman–Crippen LogP) is 2.42. The van der Waals surface area contributed by atoms with Gasteiger partial charge in [0, 0.05) is 24.4 Å². The summed E-state index contributed by atoms with van der Waals surface area (Å²) in [5, 5.41) is 1.91. The molecule has 0 fully saturated rings. The highest BCUT2D eigenvalue weighted by Crippen LogP contribution is 2.34. The van der Waals surface area contributed by atoms with E-state index in [4.69, 9.17) is 4.74 Å². The second-order valence-electron chi connectivity index (χ2n) is 6.97. The zero-order valence-corrected chi connectivity index (χ0v) is 16.7. The molecule has 1 aromatic heterocycles. The fourth-order valence-electron chi connectivity index (χ4n) is 3.93. The Balaban J connectivity index is 1.41. The van der Waals surface area contributed by atoms with Gasteiger partial charge in [-0.2, -0.15) is 0 Å². The fraction of sp³-hybridized carbons (Fsp3) is 0.333. The molecule has 0 spiro atoms. The van der Waals surface area contributed by atoms with Gasteiger partial charge in [0.05, 0.1) is 18.2 Å². The van der Waals surface area contributed by atoms with Crippen molar-refractivity contribution in [3.63, 3.8) is 0 Å². The van der Waals surface area contributed by atoms with E-state index >= 15 is 0 Å². The molecule has 8 heteroatoms. The van der Waals surface area contributed by atoms with Gasteiger partial charge in [-0.15, -0.1) is 11.3 Å². The number of thiophene rings is 1. The third-order valence-electron chi connectivity index (χ3n) is 5.36. The van der Waals surface area contributed by atoms with Gasteiger partial charge < -0.3 is 9.64 Å². The van der Waals surface area contributed by atoms with E-state index in [0.717, 1.165) is 10.4 Å². The molecule has 0 bridgehead atoms. The number of methoxy groups -OCH3 is 1. The number of hydrogen-bond donors (Lipinski definition) is 0. The molecule has 2 aliphatic rings. The number of carbonyl (C=O) groups excluding carboxylic acids is 4. The minimum absolute atomic E-state index is 0.139. The predicted molar refractivity (Wildman–Crippen MR) is 106 cm³/mol. The molecule has 2 aromatic rings. The molecular weight excluding hydrogens is 392 g/mol. The highest BCUT2D eigenvalue weighted by atomic mass is 32.1. The van der Waals surface area contributed by atoms with Crippen LogP contribution < -0.4 is 0 Å². The lowest BCUT2D eigenvalue weighted by molar-refractivity contribution is -0.153. The van der Waals surface area contributed by atoms with E-state index in [1.807, 2.05) is 11.4 Å². The minimum Gasteiger partial charge on any atom is -0.467 e. The van der Waals surface area contributed by atoms with Gasteiger partial charge in [0.15, 0.2) is 6.04 Å². The van der Waals surface area contributed by atoms with E-state index in [1.165, 1.54) is 12.0 Å². The van der Waals surface area contributed by atoms with E-state index in [9.17, 15) is 19.2 Å². The van der Waals surface area contributed by atoms with Gasteiger partial charge >= 0.3 is 5.97 Å². The van der Waals surface area contributed by atoms with Crippen molar-refractivity contribution in [1.82, 2.24) is 9.80 Å². The Hall–Kier alpha value is -3.00. The second kappa shape index (κ2) is 7.79.